The summed E-state index contributed by atoms with van der Waals surface area (Å²) in [5, 5.41) is 4.18. The zero-order chi connectivity index (χ0) is 20.7. The molecule has 1 saturated heterocycles. The van der Waals surface area contributed by atoms with Crippen molar-refractivity contribution in [2.75, 3.05) is 25.5 Å². The number of rotatable bonds is 5. The van der Waals surface area contributed by atoms with Gasteiger partial charge in [0.05, 0.1) is 11.6 Å². The molecule has 1 amide bonds. The molecule has 3 aromatic rings. The number of aromatic nitrogens is 2. The number of fused-ring (bicyclic) bond motifs is 1. The first-order valence-electron chi connectivity index (χ1n) is 9.69. The van der Waals surface area contributed by atoms with Crippen LogP contribution in [0.3, 0.4) is 0 Å². The molecule has 1 aliphatic heterocycles. The SMILES string of the molecule is COC1CN(C(=O)c2cc3c(C)c(C)[nH]c3c(NCc3c(C)cccc3F)n2)C1. The Hall–Kier alpha value is -2.93. The van der Waals surface area contributed by atoms with E-state index in [1.165, 1.54) is 6.07 Å². The zero-order valence-corrected chi connectivity index (χ0v) is 17.1. The van der Waals surface area contributed by atoms with E-state index < -0.39 is 0 Å². The van der Waals surface area contributed by atoms with Crippen molar-refractivity contribution in [3.63, 3.8) is 0 Å². The van der Waals surface area contributed by atoms with Crippen molar-refractivity contribution in [3.05, 3.63) is 58.2 Å². The summed E-state index contributed by atoms with van der Waals surface area (Å²) in [6.07, 6.45) is 0.0838. The van der Waals surface area contributed by atoms with Crippen LogP contribution in [0, 0.1) is 26.6 Å². The van der Waals surface area contributed by atoms with Crippen LogP contribution >= 0.6 is 0 Å². The number of benzene rings is 1. The van der Waals surface area contributed by atoms with Gasteiger partial charge in [-0.05, 0) is 44.0 Å². The second-order valence-corrected chi connectivity index (χ2v) is 7.61. The Labute approximate surface area is 169 Å². The lowest BCUT2D eigenvalue weighted by Gasteiger charge is -2.37. The predicted octanol–water partition coefficient (Wildman–Crippen LogP) is 3.71. The number of pyridine rings is 1. The quantitative estimate of drug-likeness (QED) is 0.690. The number of amides is 1. The van der Waals surface area contributed by atoms with E-state index in [1.807, 2.05) is 32.9 Å². The maximum absolute atomic E-state index is 14.2. The van der Waals surface area contributed by atoms with Crippen molar-refractivity contribution in [1.29, 1.82) is 0 Å². The summed E-state index contributed by atoms with van der Waals surface area (Å²) >= 11 is 0. The number of aromatic amines is 1. The molecule has 0 saturated carbocycles. The highest BCUT2D eigenvalue weighted by Crippen LogP contribution is 2.29. The minimum atomic E-state index is -0.258. The fraction of sp³-hybridized carbons (Fsp3) is 0.364. The van der Waals surface area contributed by atoms with Gasteiger partial charge < -0.3 is 19.9 Å². The molecule has 0 aliphatic carbocycles. The normalized spacial score (nSPS) is 14.3. The molecule has 0 unspecified atom stereocenters. The number of hydrogen-bond donors (Lipinski definition) is 2. The van der Waals surface area contributed by atoms with Gasteiger partial charge in [-0.1, -0.05) is 12.1 Å². The number of halogens is 1. The number of likely N-dealkylation sites (tertiary alicyclic amines) is 1. The maximum atomic E-state index is 14.2. The number of H-pyrrole nitrogens is 1. The van der Waals surface area contributed by atoms with Crippen molar-refractivity contribution in [2.24, 2.45) is 0 Å². The molecule has 0 bridgehead atoms. The van der Waals surface area contributed by atoms with Crippen LogP contribution < -0.4 is 5.32 Å². The highest BCUT2D eigenvalue weighted by Gasteiger charge is 2.32. The Morgan fingerprint density at radius 3 is 2.79 bits per heavy atom. The van der Waals surface area contributed by atoms with Gasteiger partial charge in [-0.2, -0.15) is 0 Å². The van der Waals surface area contributed by atoms with E-state index in [1.54, 1.807) is 18.1 Å². The molecular formula is C22H25FN4O2. The van der Waals surface area contributed by atoms with E-state index in [-0.39, 0.29) is 24.4 Å². The highest BCUT2D eigenvalue weighted by molar-refractivity contribution is 6.01. The Morgan fingerprint density at radius 2 is 2.10 bits per heavy atom. The molecule has 4 rings (SSSR count). The number of methoxy groups -OCH3 is 1. The van der Waals surface area contributed by atoms with Crippen LogP contribution in [0.15, 0.2) is 24.3 Å². The van der Waals surface area contributed by atoms with Crippen molar-refractivity contribution < 1.29 is 13.9 Å². The van der Waals surface area contributed by atoms with E-state index in [9.17, 15) is 9.18 Å². The number of carbonyl (C=O) groups is 1. The lowest BCUT2D eigenvalue weighted by Crippen LogP contribution is -2.54. The predicted molar refractivity (Wildman–Crippen MR) is 111 cm³/mol. The van der Waals surface area contributed by atoms with Gasteiger partial charge in [-0.15, -0.1) is 0 Å². The largest absolute Gasteiger partial charge is 0.378 e. The number of carbonyl (C=O) groups excluding carboxylic acids is 1. The summed E-state index contributed by atoms with van der Waals surface area (Å²) in [5.41, 5.74) is 4.74. The number of aryl methyl sites for hydroxylation is 3. The first-order chi connectivity index (χ1) is 13.9. The molecule has 2 N–H and O–H groups in total. The van der Waals surface area contributed by atoms with Gasteiger partial charge in [0.1, 0.15) is 11.5 Å². The number of ether oxygens (including phenoxy) is 1. The van der Waals surface area contributed by atoms with Crippen LogP contribution in [0.5, 0.6) is 0 Å². The van der Waals surface area contributed by atoms with E-state index >= 15 is 0 Å². The molecule has 0 radical (unpaired) electrons. The van der Waals surface area contributed by atoms with Crippen LogP contribution in [0.1, 0.15) is 32.9 Å². The average molecular weight is 396 g/mol. The highest BCUT2D eigenvalue weighted by atomic mass is 19.1. The summed E-state index contributed by atoms with van der Waals surface area (Å²) in [6.45, 7) is 7.29. The lowest BCUT2D eigenvalue weighted by atomic mass is 10.1. The van der Waals surface area contributed by atoms with Crippen molar-refractivity contribution in [2.45, 2.75) is 33.4 Å². The molecule has 2 aromatic heterocycles. The van der Waals surface area contributed by atoms with E-state index in [0.717, 1.165) is 27.7 Å². The minimum absolute atomic E-state index is 0.0838. The van der Waals surface area contributed by atoms with Gasteiger partial charge in [-0.3, -0.25) is 4.79 Å². The number of nitrogens with one attached hydrogen (secondary N) is 2. The van der Waals surface area contributed by atoms with Crippen LogP contribution in [0.25, 0.3) is 10.9 Å². The maximum Gasteiger partial charge on any atom is 0.272 e. The first kappa shape index (κ1) is 19.4. The molecule has 29 heavy (non-hydrogen) atoms. The van der Waals surface area contributed by atoms with Crippen LogP contribution in [0.2, 0.25) is 0 Å². The minimum Gasteiger partial charge on any atom is -0.378 e. The average Bonchev–Trinajstić information content (AvgIpc) is 2.95. The third-order valence-electron chi connectivity index (χ3n) is 5.77. The molecular weight excluding hydrogens is 371 g/mol. The summed E-state index contributed by atoms with van der Waals surface area (Å²) in [4.78, 5) is 22.5. The Balaban J connectivity index is 1.68. The molecule has 0 spiro atoms. The van der Waals surface area contributed by atoms with Crippen molar-refractivity contribution >= 4 is 22.6 Å². The summed E-state index contributed by atoms with van der Waals surface area (Å²) in [5.74, 6) is 0.170. The van der Waals surface area contributed by atoms with Crippen LogP contribution in [0.4, 0.5) is 10.2 Å². The zero-order valence-electron chi connectivity index (χ0n) is 17.1. The molecule has 0 atom stereocenters. The first-order valence-corrected chi connectivity index (χ1v) is 9.69. The van der Waals surface area contributed by atoms with Crippen LogP contribution in [-0.2, 0) is 11.3 Å². The van der Waals surface area contributed by atoms with Gasteiger partial charge in [0, 0.05) is 43.4 Å². The molecule has 3 heterocycles. The third-order valence-corrected chi connectivity index (χ3v) is 5.77. The standard InChI is InChI=1S/C22H25FN4O2/c1-12-6-5-7-18(23)17(12)9-24-21-20-16(13(2)14(3)25-20)8-19(26-21)22(28)27-10-15(11-27)29-4/h5-8,15,25H,9-11H2,1-4H3,(H,24,26). The van der Waals surface area contributed by atoms with Gasteiger partial charge >= 0.3 is 0 Å². The Bertz CT molecular complexity index is 1070. The second-order valence-electron chi connectivity index (χ2n) is 7.61. The molecule has 1 aliphatic rings. The summed E-state index contributed by atoms with van der Waals surface area (Å²) in [6, 6.07) is 6.85. The van der Waals surface area contributed by atoms with Crippen molar-refractivity contribution in [1.82, 2.24) is 14.9 Å². The molecule has 6 nitrogen and oxygen atoms in total. The summed E-state index contributed by atoms with van der Waals surface area (Å²) in [7, 11) is 1.65. The molecule has 1 fully saturated rings. The summed E-state index contributed by atoms with van der Waals surface area (Å²) < 4.78 is 19.5. The van der Waals surface area contributed by atoms with E-state index in [2.05, 4.69) is 15.3 Å². The van der Waals surface area contributed by atoms with Crippen molar-refractivity contribution in [3.8, 4) is 0 Å². The Kier molecular flexibility index (Phi) is 5.00. The molecule has 7 heteroatoms. The lowest BCUT2D eigenvalue weighted by molar-refractivity contribution is -0.0194. The Morgan fingerprint density at radius 1 is 1.34 bits per heavy atom. The monoisotopic (exact) mass is 396 g/mol. The number of anilines is 1. The van der Waals surface area contributed by atoms with Gasteiger partial charge in [0.15, 0.2) is 5.82 Å². The van der Waals surface area contributed by atoms with Gasteiger partial charge in [-0.25, -0.2) is 9.37 Å². The number of nitrogens with zero attached hydrogens (tertiary/aromatic N) is 2. The smallest absolute Gasteiger partial charge is 0.272 e. The molecule has 152 valence electrons. The third kappa shape index (κ3) is 3.46. The van der Waals surface area contributed by atoms with E-state index in [4.69, 9.17) is 4.74 Å². The van der Waals surface area contributed by atoms with Crippen LogP contribution in [-0.4, -0.2) is 47.1 Å². The van der Waals surface area contributed by atoms with E-state index in [0.29, 0.717) is 30.2 Å². The second kappa shape index (κ2) is 7.48. The fourth-order valence-corrected chi connectivity index (χ4v) is 3.67. The van der Waals surface area contributed by atoms with Gasteiger partial charge in [0.2, 0.25) is 0 Å². The van der Waals surface area contributed by atoms with Gasteiger partial charge in [0.25, 0.3) is 5.91 Å². The molecule has 1 aromatic carbocycles. The number of hydrogen-bond acceptors (Lipinski definition) is 4. The topological polar surface area (TPSA) is 70.2 Å². The fourth-order valence-electron chi connectivity index (χ4n) is 3.67.